The number of nitrogens with zero attached hydrogens (tertiary/aromatic N) is 3. The quantitative estimate of drug-likeness (QED) is 0.840. The normalized spacial score (nSPS) is 16.9. The maximum absolute atomic E-state index is 11.4. The summed E-state index contributed by atoms with van der Waals surface area (Å²) in [6.45, 7) is 3.87. The summed E-state index contributed by atoms with van der Waals surface area (Å²) in [5.41, 5.74) is 6.78. The molecule has 2 heterocycles. The van der Waals surface area contributed by atoms with Crippen molar-refractivity contribution in [1.82, 2.24) is 9.88 Å². The van der Waals surface area contributed by atoms with E-state index in [-0.39, 0.29) is 0 Å². The van der Waals surface area contributed by atoms with Crippen molar-refractivity contribution >= 4 is 27.7 Å². The minimum atomic E-state index is -0.401. The second kappa shape index (κ2) is 5.67. The predicted octanol–water partition coefficient (Wildman–Crippen LogP) is 0.827. The van der Waals surface area contributed by atoms with Crippen molar-refractivity contribution in [3.8, 4) is 0 Å². The fraction of sp³-hybridized carbons (Fsp3) is 0.500. The molecule has 1 aromatic heterocycles. The van der Waals surface area contributed by atoms with Gasteiger partial charge in [-0.2, -0.15) is 0 Å². The Morgan fingerprint density at radius 1 is 1.44 bits per heavy atom. The molecule has 5 nitrogen and oxygen atoms in total. The number of carbonyl (C=O) groups is 1. The number of halogens is 1. The maximum Gasteiger partial charge on any atom is 0.249 e. The van der Waals surface area contributed by atoms with Crippen molar-refractivity contribution in [3.05, 3.63) is 23.4 Å². The van der Waals surface area contributed by atoms with Gasteiger partial charge in [0.15, 0.2) is 0 Å². The summed E-state index contributed by atoms with van der Waals surface area (Å²) < 4.78 is 0. The van der Waals surface area contributed by atoms with E-state index in [1.165, 1.54) is 0 Å². The molecule has 2 N–H and O–H groups in total. The zero-order valence-electron chi connectivity index (χ0n) is 10.4. The van der Waals surface area contributed by atoms with Crippen molar-refractivity contribution in [3.63, 3.8) is 0 Å². The Morgan fingerprint density at radius 2 is 2.11 bits per heavy atom. The number of alkyl halides is 1. The molecular weight excluding hydrogens is 296 g/mol. The number of hydrogen-bond acceptors (Lipinski definition) is 4. The Bertz CT molecular complexity index is 444. The zero-order valence-corrected chi connectivity index (χ0v) is 12.0. The lowest BCUT2D eigenvalue weighted by atomic mass is 10.1. The number of likely N-dealkylation sites (N-methyl/N-ethyl adjacent to an activating group) is 1. The predicted molar refractivity (Wildman–Crippen MR) is 75.1 cm³/mol. The van der Waals surface area contributed by atoms with E-state index in [2.05, 4.69) is 37.8 Å². The number of primary amides is 1. The fourth-order valence-corrected chi connectivity index (χ4v) is 2.46. The SMILES string of the molecule is CN1CCN(c2cc(C(N)=O)c(CBr)cn2)CC1. The van der Waals surface area contributed by atoms with Gasteiger partial charge in [-0.15, -0.1) is 0 Å². The minimum absolute atomic E-state index is 0.401. The van der Waals surface area contributed by atoms with E-state index in [1.54, 1.807) is 12.3 Å². The summed E-state index contributed by atoms with van der Waals surface area (Å²) in [5.74, 6) is 0.434. The molecule has 0 radical (unpaired) electrons. The second-order valence-electron chi connectivity index (χ2n) is 4.49. The lowest BCUT2D eigenvalue weighted by Crippen LogP contribution is -2.44. The van der Waals surface area contributed by atoms with E-state index in [4.69, 9.17) is 5.73 Å². The number of nitrogens with two attached hydrogens (primary N) is 1. The number of aromatic nitrogens is 1. The van der Waals surface area contributed by atoms with Crippen molar-refractivity contribution < 1.29 is 4.79 Å². The fourth-order valence-electron chi connectivity index (χ4n) is 2.02. The molecule has 0 bridgehead atoms. The number of carbonyl (C=O) groups excluding carboxylic acids is 1. The van der Waals surface area contributed by atoms with E-state index in [0.717, 1.165) is 37.6 Å². The van der Waals surface area contributed by atoms with Gasteiger partial charge in [0, 0.05) is 43.3 Å². The molecule has 0 unspecified atom stereocenters. The zero-order chi connectivity index (χ0) is 13.1. The summed E-state index contributed by atoms with van der Waals surface area (Å²) in [6.07, 6.45) is 1.72. The molecule has 98 valence electrons. The van der Waals surface area contributed by atoms with Gasteiger partial charge in [0.2, 0.25) is 5.91 Å². The molecule has 1 aliphatic heterocycles. The molecule has 0 atom stereocenters. The summed E-state index contributed by atoms with van der Waals surface area (Å²) in [6, 6.07) is 1.80. The van der Waals surface area contributed by atoms with Gasteiger partial charge in [-0.1, -0.05) is 15.9 Å². The molecule has 0 aromatic carbocycles. The van der Waals surface area contributed by atoms with Gasteiger partial charge in [0.25, 0.3) is 0 Å². The molecule has 1 amide bonds. The molecule has 0 saturated carbocycles. The van der Waals surface area contributed by atoms with Gasteiger partial charge in [-0.25, -0.2) is 4.98 Å². The van der Waals surface area contributed by atoms with Crippen LogP contribution in [0.5, 0.6) is 0 Å². The molecule has 2 rings (SSSR count). The highest BCUT2D eigenvalue weighted by Crippen LogP contribution is 2.19. The number of rotatable bonds is 3. The Kier molecular flexibility index (Phi) is 4.19. The first-order valence-corrected chi connectivity index (χ1v) is 7.02. The van der Waals surface area contributed by atoms with Crippen LogP contribution in [-0.4, -0.2) is 49.0 Å². The van der Waals surface area contributed by atoms with Crippen LogP contribution in [0, 0.1) is 0 Å². The highest BCUT2D eigenvalue weighted by Gasteiger charge is 2.17. The average Bonchev–Trinajstić information content (AvgIpc) is 2.39. The lowest BCUT2D eigenvalue weighted by Gasteiger charge is -2.33. The largest absolute Gasteiger partial charge is 0.366 e. The summed E-state index contributed by atoms with van der Waals surface area (Å²) in [7, 11) is 2.10. The highest BCUT2D eigenvalue weighted by molar-refractivity contribution is 9.08. The van der Waals surface area contributed by atoms with Gasteiger partial charge in [-0.05, 0) is 18.7 Å². The molecule has 1 aromatic rings. The molecule has 6 heteroatoms. The van der Waals surface area contributed by atoms with Crippen LogP contribution >= 0.6 is 15.9 Å². The Labute approximate surface area is 115 Å². The van der Waals surface area contributed by atoms with Crippen LogP contribution in [-0.2, 0) is 5.33 Å². The number of anilines is 1. The maximum atomic E-state index is 11.4. The van der Waals surface area contributed by atoms with Gasteiger partial charge in [-0.3, -0.25) is 4.79 Å². The number of piperazine rings is 1. The van der Waals surface area contributed by atoms with Gasteiger partial charge in [0.1, 0.15) is 5.82 Å². The highest BCUT2D eigenvalue weighted by atomic mass is 79.9. The van der Waals surface area contributed by atoms with Crippen LogP contribution < -0.4 is 10.6 Å². The van der Waals surface area contributed by atoms with Crippen molar-refractivity contribution in [1.29, 1.82) is 0 Å². The smallest absolute Gasteiger partial charge is 0.249 e. The van der Waals surface area contributed by atoms with Gasteiger partial charge in [0.05, 0.1) is 0 Å². The van der Waals surface area contributed by atoms with Gasteiger partial charge < -0.3 is 15.5 Å². The summed E-state index contributed by atoms with van der Waals surface area (Å²) in [5, 5.41) is 0.585. The van der Waals surface area contributed by atoms with Crippen LogP contribution in [0.1, 0.15) is 15.9 Å². The Balaban J connectivity index is 2.24. The molecule has 0 spiro atoms. The number of amides is 1. The van der Waals surface area contributed by atoms with Crippen LogP contribution in [0.4, 0.5) is 5.82 Å². The van der Waals surface area contributed by atoms with Crippen LogP contribution in [0.3, 0.4) is 0 Å². The van der Waals surface area contributed by atoms with Crippen LogP contribution in [0.15, 0.2) is 12.3 Å². The molecule has 1 saturated heterocycles. The standard InChI is InChI=1S/C12H17BrN4O/c1-16-2-4-17(5-3-16)11-6-10(12(14)18)9(7-13)8-15-11/h6,8H,2-5,7H2,1H3,(H2,14,18). The summed E-state index contributed by atoms with van der Waals surface area (Å²) in [4.78, 5) is 20.3. The monoisotopic (exact) mass is 312 g/mol. The molecule has 0 aliphatic carbocycles. The van der Waals surface area contributed by atoms with Crippen LogP contribution in [0.2, 0.25) is 0 Å². The van der Waals surface area contributed by atoms with E-state index in [1.807, 2.05) is 0 Å². The molecule has 1 aliphatic rings. The Morgan fingerprint density at radius 3 is 2.67 bits per heavy atom. The van der Waals surface area contributed by atoms with E-state index < -0.39 is 5.91 Å². The number of hydrogen-bond donors (Lipinski definition) is 1. The van der Waals surface area contributed by atoms with E-state index in [9.17, 15) is 4.79 Å². The first kappa shape index (κ1) is 13.3. The topological polar surface area (TPSA) is 62.5 Å². The van der Waals surface area contributed by atoms with Gasteiger partial charge >= 0.3 is 0 Å². The third-order valence-electron chi connectivity index (χ3n) is 3.21. The van der Waals surface area contributed by atoms with E-state index in [0.29, 0.717) is 10.9 Å². The Hall–Kier alpha value is -1.14. The third-order valence-corrected chi connectivity index (χ3v) is 3.81. The first-order valence-electron chi connectivity index (χ1n) is 5.90. The summed E-state index contributed by atoms with van der Waals surface area (Å²) >= 11 is 3.34. The van der Waals surface area contributed by atoms with Crippen molar-refractivity contribution in [2.75, 3.05) is 38.1 Å². The molecule has 1 fully saturated rings. The second-order valence-corrected chi connectivity index (χ2v) is 5.05. The number of pyridine rings is 1. The lowest BCUT2D eigenvalue weighted by molar-refractivity contribution is 0.0999. The minimum Gasteiger partial charge on any atom is -0.366 e. The molecule has 18 heavy (non-hydrogen) atoms. The average molecular weight is 313 g/mol. The van der Waals surface area contributed by atoms with Crippen LogP contribution in [0.25, 0.3) is 0 Å². The third kappa shape index (κ3) is 2.81. The first-order chi connectivity index (χ1) is 8.61. The van der Waals surface area contributed by atoms with Crippen molar-refractivity contribution in [2.24, 2.45) is 5.73 Å². The van der Waals surface area contributed by atoms with Crippen molar-refractivity contribution in [2.45, 2.75) is 5.33 Å². The van der Waals surface area contributed by atoms with E-state index >= 15 is 0 Å². The molecular formula is C12H17BrN4O.